The summed E-state index contributed by atoms with van der Waals surface area (Å²) in [5.74, 6) is 0.799. The highest BCUT2D eigenvalue weighted by molar-refractivity contribution is 7.10. The molecule has 0 spiro atoms. The number of thiophene rings is 1. The van der Waals surface area contributed by atoms with E-state index < -0.39 is 0 Å². The minimum atomic E-state index is -0.0975. The molecule has 1 saturated heterocycles. The molecule has 4 heteroatoms. The maximum absolute atomic E-state index is 12.6. The third-order valence-electron chi connectivity index (χ3n) is 3.92. The summed E-state index contributed by atoms with van der Waals surface area (Å²) in [6.07, 6.45) is 0.534. The van der Waals surface area contributed by atoms with E-state index in [-0.39, 0.29) is 11.4 Å². The highest BCUT2D eigenvalue weighted by Gasteiger charge is 2.37. The molecule has 3 nitrogen and oxygen atoms in total. The molecule has 0 saturated carbocycles. The van der Waals surface area contributed by atoms with Crippen molar-refractivity contribution >= 4 is 17.2 Å². The van der Waals surface area contributed by atoms with E-state index in [1.807, 2.05) is 17.5 Å². The van der Waals surface area contributed by atoms with Crippen LogP contribution in [-0.2, 0) is 11.2 Å². The molecule has 1 N–H and O–H groups in total. The number of nitrogens with one attached hydrogen (secondary N) is 1. The monoisotopic (exact) mass is 280 g/mol. The van der Waals surface area contributed by atoms with E-state index in [1.54, 1.807) is 11.3 Å². The second-order valence-electron chi connectivity index (χ2n) is 6.30. The first kappa shape index (κ1) is 14.5. The van der Waals surface area contributed by atoms with Crippen molar-refractivity contribution in [1.82, 2.24) is 10.2 Å². The molecule has 106 valence electrons. The third-order valence-corrected chi connectivity index (χ3v) is 4.79. The van der Waals surface area contributed by atoms with Gasteiger partial charge in [-0.2, -0.15) is 0 Å². The maximum atomic E-state index is 12.6. The van der Waals surface area contributed by atoms with Gasteiger partial charge in [0, 0.05) is 29.5 Å². The summed E-state index contributed by atoms with van der Waals surface area (Å²) in [6.45, 7) is 10.4. The Labute approximate surface area is 120 Å². The lowest BCUT2D eigenvalue weighted by Crippen LogP contribution is -2.64. The predicted octanol–water partition coefficient (Wildman–Crippen LogP) is 2.53. The first-order chi connectivity index (χ1) is 8.90. The Kier molecular flexibility index (Phi) is 4.31. The smallest absolute Gasteiger partial charge is 0.228 e. The van der Waals surface area contributed by atoms with Crippen molar-refractivity contribution in [2.45, 2.75) is 45.7 Å². The van der Waals surface area contributed by atoms with Gasteiger partial charge in [0.2, 0.25) is 5.91 Å². The minimum Gasteiger partial charge on any atom is -0.334 e. The van der Waals surface area contributed by atoms with Crippen molar-refractivity contribution < 1.29 is 4.79 Å². The molecular weight excluding hydrogens is 256 g/mol. The van der Waals surface area contributed by atoms with E-state index in [1.165, 1.54) is 0 Å². The Morgan fingerprint density at radius 2 is 2.32 bits per heavy atom. The predicted molar refractivity (Wildman–Crippen MR) is 80.4 cm³/mol. The summed E-state index contributed by atoms with van der Waals surface area (Å²) < 4.78 is 0. The van der Waals surface area contributed by atoms with E-state index in [2.05, 4.69) is 37.9 Å². The number of hydrogen-bond donors (Lipinski definition) is 1. The number of nitrogens with zero attached hydrogens (tertiary/aromatic N) is 1. The van der Waals surface area contributed by atoms with Crippen LogP contribution >= 0.6 is 11.3 Å². The maximum Gasteiger partial charge on any atom is 0.228 e. The second-order valence-corrected chi connectivity index (χ2v) is 7.34. The van der Waals surface area contributed by atoms with Crippen molar-refractivity contribution in [2.75, 3.05) is 13.1 Å². The number of amides is 1. The van der Waals surface area contributed by atoms with Gasteiger partial charge in [0.15, 0.2) is 0 Å². The van der Waals surface area contributed by atoms with Crippen LogP contribution in [0.5, 0.6) is 0 Å². The van der Waals surface area contributed by atoms with Crippen LogP contribution in [0.25, 0.3) is 0 Å². The number of carbonyl (C=O) groups is 1. The Balaban J connectivity index is 2.08. The molecule has 1 aromatic heterocycles. The summed E-state index contributed by atoms with van der Waals surface area (Å²) in [5, 5.41) is 5.59. The van der Waals surface area contributed by atoms with Crippen LogP contribution < -0.4 is 5.32 Å². The van der Waals surface area contributed by atoms with E-state index in [0.717, 1.165) is 18.0 Å². The zero-order chi connectivity index (χ0) is 14.0. The third kappa shape index (κ3) is 3.37. The molecule has 1 fully saturated rings. The molecule has 0 radical (unpaired) electrons. The Hall–Kier alpha value is -0.870. The zero-order valence-corrected chi connectivity index (χ0v) is 13.1. The average Bonchev–Trinajstić information content (AvgIpc) is 2.80. The van der Waals surface area contributed by atoms with Crippen LogP contribution in [0.15, 0.2) is 17.5 Å². The normalized spacial score (nSPS) is 22.8. The summed E-state index contributed by atoms with van der Waals surface area (Å²) in [5.41, 5.74) is -0.0975. The van der Waals surface area contributed by atoms with Crippen LogP contribution in [0.1, 0.15) is 32.6 Å². The van der Waals surface area contributed by atoms with E-state index in [9.17, 15) is 4.79 Å². The first-order valence-electron chi connectivity index (χ1n) is 6.96. The van der Waals surface area contributed by atoms with Gasteiger partial charge in [-0.25, -0.2) is 0 Å². The van der Waals surface area contributed by atoms with Crippen molar-refractivity contribution in [3.8, 4) is 0 Å². The molecule has 1 atom stereocenters. The van der Waals surface area contributed by atoms with Gasteiger partial charge in [0.1, 0.15) is 0 Å². The van der Waals surface area contributed by atoms with Crippen LogP contribution in [0.4, 0.5) is 0 Å². The van der Waals surface area contributed by atoms with Gasteiger partial charge >= 0.3 is 0 Å². The quantitative estimate of drug-likeness (QED) is 0.923. The summed E-state index contributed by atoms with van der Waals surface area (Å²) in [6, 6.07) is 4.45. The zero-order valence-electron chi connectivity index (χ0n) is 12.3. The van der Waals surface area contributed by atoms with Gasteiger partial charge in [0.25, 0.3) is 0 Å². The molecule has 1 aromatic rings. The number of piperazine rings is 1. The van der Waals surface area contributed by atoms with Gasteiger partial charge in [0.05, 0.1) is 6.42 Å². The van der Waals surface area contributed by atoms with Crippen molar-refractivity contribution in [3.05, 3.63) is 22.4 Å². The molecule has 2 rings (SSSR count). The molecule has 2 heterocycles. The average molecular weight is 280 g/mol. The molecule has 1 amide bonds. The topological polar surface area (TPSA) is 32.3 Å². The highest BCUT2D eigenvalue weighted by Crippen LogP contribution is 2.23. The SMILES string of the molecule is CC(C)C1CN(C(=O)Cc2cccs2)C(C)(C)CN1. The molecular formula is C15H24N2OS. The standard InChI is InChI=1S/C15H24N2OS/c1-11(2)13-9-17(15(3,4)10-16-13)14(18)8-12-6-5-7-19-12/h5-7,11,13,16H,8-10H2,1-4H3. The first-order valence-corrected chi connectivity index (χ1v) is 7.84. The van der Waals surface area contributed by atoms with Crippen molar-refractivity contribution in [3.63, 3.8) is 0 Å². The lowest BCUT2D eigenvalue weighted by atomic mass is 9.92. The fourth-order valence-corrected chi connectivity index (χ4v) is 3.22. The van der Waals surface area contributed by atoms with E-state index in [0.29, 0.717) is 18.4 Å². The lowest BCUT2D eigenvalue weighted by Gasteiger charge is -2.47. The van der Waals surface area contributed by atoms with Gasteiger partial charge in [-0.15, -0.1) is 11.3 Å². The Morgan fingerprint density at radius 1 is 1.58 bits per heavy atom. The van der Waals surface area contributed by atoms with Gasteiger partial charge in [-0.05, 0) is 31.2 Å². The van der Waals surface area contributed by atoms with Crippen molar-refractivity contribution in [1.29, 1.82) is 0 Å². The second kappa shape index (κ2) is 5.63. The highest BCUT2D eigenvalue weighted by atomic mass is 32.1. The minimum absolute atomic E-state index is 0.0975. The van der Waals surface area contributed by atoms with Crippen LogP contribution in [0.3, 0.4) is 0 Å². The van der Waals surface area contributed by atoms with Gasteiger partial charge in [-0.1, -0.05) is 19.9 Å². The Bertz CT molecular complexity index is 425. The number of hydrogen-bond acceptors (Lipinski definition) is 3. The largest absolute Gasteiger partial charge is 0.334 e. The summed E-state index contributed by atoms with van der Waals surface area (Å²) >= 11 is 1.66. The summed E-state index contributed by atoms with van der Waals surface area (Å²) in [4.78, 5) is 15.8. The summed E-state index contributed by atoms with van der Waals surface area (Å²) in [7, 11) is 0. The van der Waals surface area contributed by atoms with Crippen molar-refractivity contribution in [2.24, 2.45) is 5.92 Å². The molecule has 1 aliphatic heterocycles. The molecule has 1 unspecified atom stereocenters. The van der Waals surface area contributed by atoms with Crippen LogP contribution in [0, 0.1) is 5.92 Å². The van der Waals surface area contributed by atoms with Crippen LogP contribution in [0.2, 0.25) is 0 Å². The van der Waals surface area contributed by atoms with Gasteiger partial charge in [-0.3, -0.25) is 4.79 Å². The van der Waals surface area contributed by atoms with Crippen LogP contribution in [-0.4, -0.2) is 35.5 Å². The Morgan fingerprint density at radius 3 is 2.89 bits per heavy atom. The molecule has 19 heavy (non-hydrogen) atoms. The lowest BCUT2D eigenvalue weighted by molar-refractivity contribution is -0.138. The molecule has 0 aliphatic carbocycles. The molecule has 1 aliphatic rings. The fraction of sp³-hybridized carbons (Fsp3) is 0.667. The molecule has 0 aromatic carbocycles. The van der Waals surface area contributed by atoms with E-state index in [4.69, 9.17) is 0 Å². The number of carbonyl (C=O) groups excluding carboxylic acids is 1. The van der Waals surface area contributed by atoms with E-state index >= 15 is 0 Å². The number of rotatable bonds is 3. The fourth-order valence-electron chi connectivity index (χ4n) is 2.53. The van der Waals surface area contributed by atoms with Gasteiger partial charge < -0.3 is 10.2 Å². The molecule has 0 bridgehead atoms.